The third-order valence-corrected chi connectivity index (χ3v) is 18.6. The quantitative estimate of drug-likeness (QED) is 0.740. The lowest BCUT2D eigenvalue weighted by molar-refractivity contribution is 0.220. The zero-order valence-corrected chi connectivity index (χ0v) is 16.6. The molecule has 0 amide bonds. The fourth-order valence-electron chi connectivity index (χ4n) is 2.16. The molecule has 18 heavy (non-hydrogen) atoms. The predicted octanol–water partition coefficient (Wildman–Crippen LogP) is 1.05. The zero-order chi connectivity index (χ0) is 14.2. The van der Waals surface area contributed by atoms with Gasteiger partial charge in [-0.25, -0.2) is 0 Å². The first-order chi connectivity index (χ1) is 7.95. The van der Waals surface area contributed by atoms with Crippen LogP contribution >= 0.6 is 0 Å². The second kappa shape index (κ2) is 5.20. The van der Waals surface area contributed by atoms with E-state index in [1.54, 1.807) is 0 Å². The summed E-state index contributed by atoms with van der Waals surface area (Å²) in [5.41, 5.74) is 0. The SMILES string of the molecule is CN[Si]1(C)O[Si](C)(C)O[Si](C)(NC)O[Si](C)(C)O1. The van der Waals surface area contributed by atoms with Gasteiger partial charge in [0.15, 0.2) is 0 Å². The predicted molar refractivity (Wildman–Crippen MR) is 80.7 cm³/mol. The summed E-state index contributed by atoms with van der Waals surface area (Å²) in [6, 6.07) is 0. The van der Waals surface area contributed by atoms with Gasteiger partial charge in [0.25, 0.3) is 0 Å². The van der Waals surface area contributed by atoms with Gasteiger partial charge in [0.2, 0.25) is 0 Å². The van der Waals surface area contributed by atoms with Gasteiger partial charge in [-0.3, -0.25) is 9.96 Å². The van der Waals surface area contributed by atoms with Crippen LogP contribution in [0.1, 0.15) is 0 Å². The maximum absolute atomic E-state index is 6.22. The summed E-state index contributed by atoms with van der Waals surface area (Å²) < 4.78 is 24.9. The Bertz CT molecular complexity index is 269. The van der Waals surface area contributed by atoms with Gasteiger partial charge in [0, 0.05) is 0 Å². The maximum Gasteiger partial charge on any atom is 0.403 e. The third-order valence-electron chi connectivity index (χ3n) is 2.67. The summed E-state index contributed by atoms with van der Waals surface area (Å²) >= 11 is 0. The topological polar surface area (TPSA) is 61.0 Å². The van der Waals surface area contributed by atoms with E-state index < -0.39 is 34.6 Å². The van der Waals surface area contributed by atoms with Gasteiger partial charge < -0.3 is 16.5 Å². The Hall–Kier alpha value is 0.628. The third kappa shape index (κ3) is 4.33. The zero-order valence-electron chi connectivity index (χ0n) is 12.6. The van der Waals surface area contributed by atoms with E-state index in [9.17, 15) is 0 Å². The molecule has 1 heterocycles. The summed E-state index contributed by atoms with van der Waals surface area (Å²) in [7, 11) is -5.65. The van der Waals surface area contributed by atoms with Gasteiger partial charge in [-0.15, -0.1) is 0 Å². The Morgan fingerprint density at radius 3 is 0.944 bits per heavy atom. The molecule has 1 fully saturated rings. The van der Waals surface area contributed by atoms with E-state index in [0.29, 0.717) is 0 Å². The van der Waals surface area contributed by atoms with Crippen molar-refractivity contribution in [2.75, 3.05) is 14.1 Å². The molecule has 1 rings (SSSR count). The lowest BCUT2D eigenvalue weighted by Crippen LogP contribution is -2.72. The van der Waals surface area contributed by atoms with Crippen LogP contribution in [0, 0.1) is 0 Å². The minimum Gasteiger partial charge on any atom is -0.404 e. The molecule has 0 unspecified atom stereocenters. The number of hydrogen-bond acceptors (Lipinski definition) is 6. The van der Waals surface area contributed by atoms with Crippen molar-refractivity contribution in [1.29, 1.82) is 0 Å². The molecule has 0 aromatic rings. The molecular formula is C8H26N2O4Si4. The van der Waals surface area contributed by atoms with E-state index in [0.717, 1.165) is 0 Å². The molecule has 0 aliphatic carbocycles. The van der Waals surface area contributed by atoms with Crippen LogP contribution in [0.15, 0.2) is 0 Å². The average Bonchev–Trinajstić information content (AvgIpc) is 2.11. The Balaban J connectivity index is 3.06. The fourth-order valence-corrected chi connectivity index (χ4v) is 21.0. The summed E-state index contributed by atoms with van der Waals surface area (Å²) in [5, 5.41) is 0. The van der Waals surface area contributed by atoms with Gasteiger partial charge >= 0.3 is 34.6 Å². The van der Waals surface area contributed by atoms with Crippen LogP contribution in [0.4, 0.5) is 0 Å². The van der Waals surface area contributed by atoms with Gasteiger partial charge in [-0.05, 0) is 53.4 Å². The molecule has 108 valence electrons. The van der Waals surface area contributed by atoms with Gasteiger partial charge in [0.1, 0.15) is 0 Å². The Kier molecular flexibility index (Phi) is 4.81. The lowest BCUT2D eigenvalue weighted by Gasteiger charge is -2.47. The monoisotopic (exact) mass is 326 g/mol. The molecule has 0 aromatic heterocycles. The summed E-state index contributed by atoms with van der Waals surface area (Å²) in [5.74, 6) is 0. The second-order valence-electron chi connectivity index (χ2n) is 5.60. The van der Waals surface area contributed by atoms with Crippen molar-refractivity contribution in [2.24, 2.45) is 0 Å². The Morgan fingerprint density at radius 2 is 0.778 bits per heavy atom. The molecule has 0 radical (unpaired) electrons. The molecular weight excluding hydrogens is 300 g/mol. The highest BCUT2D eigenvalue weighted by Crippen LogP contribution is 2.27. The fraction of sp³-hybridized carbons (Fsp3) is 1.00. The summed E-state index contributed by atoms with van der Waals surface area (Å²) in [6.07, 6.45) is 0. The van der Waals surface area contributed by atoms with E-state index >= 15 is 0 Å². The minimum absolute atomic E-state index is 1.87. The molecule has 1 aliphatic heterocycles. The molecule has 0 saturated carbocycles. The highest BCUT2D eigenvalue weighted by molar-refractivity contribution is 6.92. The molecule has 10 heteroatoms. The standard InChI is InChI=1S/C8H26N2O4Si4/c1-9-17(7)11-15(3,4)13-18(8,10-2)14-16(5,6)12-17/h9-10H,1-8H3. The first kappa shape index (κ1) is 16.7. The van der Waals surface area contributed by atoms with E-state index in [2.05, 4.69) is 9.96 Å². The van der Waals surface area contributed by atoms with Crippen molar-refractivity contribution in [3.05, 3.63) is 0 Å². The molecule has 1 saturated heterocycles. The van der Waals surface area contributed by atoms with Crippen molar-refractivity contribution < 1.29 is 16.5 Å². The first-order valence-corrected chi connectivity index (χ1v) is 16.4. The van der Waals surface area contributed by atoms with Crippen molar-refractivity contribution in [3.63, 3.8) is 0 Å². The normalized spacial score (nSPS) is 40.0. The smallest absolute Gasteiger partial charge is 0.403 e. The Morgan fingerprint density at radius 1 is 0.556 bits per heavy atom. The highest BCUT2D eigenvalue weighted by atomic mass is 28.5. The number of rotatable bonds is 2. The van der Waals surface area contributed by atoms with Crippen LogP contribution in [-0.4, -0.2) is 48.7 Å². The largest absolute Gasteiger partial charge is 0.404 e. The van der Waals surface area contributed by atoms with Crippen molar-refractivity contribution in [3.8, 4) is 0 Å². The number of nitrogens with one attached hydrogen (secondary N) is 2. The van der Waals surface area contributed by atoms with Crippen LogP contribution in [0.5, 0.6) is 0 Å². The molecule has 0 atom stereocenters. The molecule has 2 N–H and O–H groups in total. The van der Waals surface area contributed by atoms with Crippen LogP contribution in [0.3, 0.4) is 0 Å². The van der Waals surface area contributed by atoms with Crippen LogP contribution < -0.4 is 9.96 Å². The lowest BCUT2D eigenvalue weighted by atomic mass is 11.6. The maximum atomic E-state index is 6.22. The van der Waals surface area contributed by atoms with Gasteiger partial charge in [-0.1, -0.05) is 0 Å². The molecule has 1 aliphatic rings. The van der Waals surface area contributed by atoms with Gasteiger partial charge in [0.05, 0.1) is 0 Å². The summed E-state index contributed by atoms with van der Waals surface area (Å²) in [4.78, 5) is 6.41. The molecule has 0 spiro atoms. The highest BCUT2D eigenvalue weighted by Gasteiger charge is 2.54. The average molecular weight is 327 g/mol. The Labute approximate surface area is 115 Å². The number of hydrogen-bond donors (Lipinski definition) is 2. The van der Waals surface area contributed by atoms with Crippen molar-refractivity contribution >= 4 is 34.6 Å². The van der Waals surface area contributed by atoms with Crippen LogP contribution in [0.2, 0.25) is 39.3 Å². The summed E-state index contributed by atoms with van der Waals surface area (Å²) in [6.45, 7) is 12.1. The van der Waals surface area contributed by atoms with E-state index in [4.69, 9.17) is 16.5 Å². The van der Waals surface area contributed by atoms with E-state index in [1.807, 2.05) is 53.4 Å². The van der Waals surface area contributed by atoms with Gasteiger partial charge in [-0.2, -0.15) is 0 Å². The second-order valence-corrected chi connectivity index (χ2v) is 19.2. The minimum atomic E-state index is -2.42. The molecule has 0 aromatic carbocycles. The molecule has 6 nitrogen and oxygen atoms in total. The van der Waals surface area contributed by atoms with E-state index in [-0.39, 0.29) is 0 Å². The molecule has 0 bridgehead atoms. The van der Waals surface area contributed by atoms with Crippen LogP contribution in [-0.2, 0) is 16.5 Å². The van der Waals surface area contributed by atoms with Crippen LogP contribution in [0.25, 0.3) is 0 Å². The first-order valence-electron chi connectivity index (χ1n) is 6.13. The van der Waals surface area contributed by atoms with Crippen molar-refractivity contribution in [2.45, 2.75) is 39.3 Å². The van der Waals surface area contributed by atoms with Crippen molar-refractivity contribution in [1.82, 2.24) is 9.96 Å². The van der Waals surface area contributed by atoms with E-state index in [1.165, 1.54) is 0 Å².